The number of imidazole rings is 1. The van der Waals surface area contributed by atoms with E-state index in [0.717, 1.165) is 22.4 Å². The molecule has 1 atom stereocenters. The maximum absolute atomic E-state index is 13.0. The molecule has 4 aromatic rings. The maximum atomic E-state index is 13.0. The highest BCUT2D eigenvalue weighted by atomic mass is 35.5. The molecule has 0 aliphatic carbocycles. The number of ether oxygens (including phenoxy) is 2. The van der Waals surface area contributed by atoms with Gasteiger partial charge in [-0.05, 0) is 55.0 Å². The predicted molar refractivity (Wildman–Crippen MR) is 131 cm³/mol. The molecule has 0 spiro atoms. The maximum Gasteiger partial charge on any atom is 0.251 e. The number of hydrogen-bond donors (Lipinski definition) is 1. The van der Waals surface area contributed by atoms with Gasteiger partial charge in [-0.2, -0.15) is 0 Å². The van der Waals surface area contributed by atoms with Crippen LogP contribution in [0.25, 0.3) is 11.0 Å². The lowest BCUT2D eigenvalue weighted by Crippen LogP contribution is -2.29. The molecule has 33 heavy (non-hydrogen) atoms. The summed E-state index contributed by atoms with van der Waals surface area (Å²) in [6, 6.07) is 18.1. The molecule has 0 saturated carbocycles. The zero-order valence-corrected chi connectivity index (χ0v) is 19.9. The second-order valence-corrected chi connectivity index (χ2v) is 8.37. The van der Waals surface area contributed by atoms with Gasteiger partial charge in [0.25, 0.3) is 5.91 Å². The van der Waals surface area contributed by atoms with E-state index in [1.54, 1.807) is 31.4 Å². The summed E-state index contributed by atoms with van der Waals surface area (Å²) in [7, 11) is 3.09. The van der Waals surface area contributed by atoms with E-state index in [1.807, 2.05) is 43.3 Å². The Balaban J connectivity index is 1.65. The molecule has 170 valence electrons. The van der Waals surface area contributed by atoms with E-state index in [1.165, 1.54) is 7.11 Å². The minimum absolute atomic E-state index is 0.239. The van der Waals surface area contributed by atoms with Crippen LogP contribution in [-0.2, 0) is 6.54 Å². The third-order valence-electron chi connectivity index (χ3n) is 5.39. The lowest BCUT2D eigenvalue weighted by molar-refractivity contribution is 0.0937. The molecule has 4 rings (SSSR count). The van der Waals surface area contributed by atoms with Gasteiger partial charge in [-0.15, -0.1) is 0 Å². The van der Waals surface area contributed by atoms with Gasteiger partial charge in [0.1, 0.15) is 5.82 Å². The first-order valence-corrected chi connectivity index (χ1v) is 11.1. The SMILES string of the molecule is COc1ccc(C(=O)NC(C)c2nc3ccccc3n2Cc2ccc(Cl)c(Cl)c2)cc1OC. The van der Waals surface area contributed by atoms with Crippen LogP contribution in [0.1, 0.15) is 34.7 Å². The largest absolute Gasteiger partial charge is 0.493 e. The van der Waals surface area contributed by atoms with E-state index >= 15 is 0 Å². The van der Waals surface area contributed by atoms with Crippen LogP contribution in [0.2, 0.25) is 10.0 Å². The number of para-hydroxylation sites is 2. The Bertz CT molecular complexity index is 1320. The molecule has 0 aliphatic rings. The Morgan fingerprint density at radius 2 is 1.76 bits per heavy atom. The lowest BCUT2D eigenvalue weighted by atomic mass is 10.1. The highest BCUT2D eigenvalue weighted by Crippen LogP contribution is 2.29. The summed E-state index contributed by atoms with van der Waals surface area (Å²) in [6.07, 6.45) is 0. The molecule has 8 heteroatoms. The minimum Gasteiger partial charge on any atom is -0.493 e. The van der Waals surface area contributed by atoms with Crippen molar-refractivity contribution in [3.63, 3.8) is 0 Å². The lowest BCUT2D eigenvalue weighted by Gasteiger charge is -2.17. The third-order valence-corrected chi connectivity index (χ3v) is 6.13. The van der Waals surface area contributed by atoms with E-state index in [9.17, 15) is 4.79 Å². The number of hydrogen-bond acceptors (Lipinski definition) is 4. The number of carbonyl (C=O) groups excluding carboxylic acids is 1. The molecular weight excluding hydrogens is 461 g/mol. The Hall–Kier alpha value is -3.22. The molecule has 6 nitrogen and oxygen atoms in total. The van der Waals surface area contributed by atoms with Crippen LogP contribution in [-0.4, -0.2) is 29.7 Å². The average Bonchev–Trinajstić information content (AvgIpc) is 3.19. The van der Waals surface area contributed by atoms with Crippen LogP contribution in [0.15, 0.2) is 60.7 Å². The molecule has 1 N–H and O–H groups in total. The molecule has 1 heterocycles. The van der Waals surface area contributed by atoms with E-state index in [4.69, 9.17) is 37.7 Å². The second kappa shape index (κ2) is 9.73. The molecule has 0 saturated heterocycles. The van der Waals surface area contributed by atoms with Gasteiger partial charge in [-0.25, -0.2) is 4.98 Å². The Morgan fingerprint density at radius 3 is 2.48 bits per heavy atom. The fraction of sp³-hybridized carbons (Fsp3) is 0.200. The van der Waals surface area contributed by atoms with Crippen molar-refractivity contribution in [2.24, 2.45) is 0 Å². The Labute approximate surface area is 202 Å². The monoisotopic (exact) mass is 483 g/mol. The molecule has 0 fully saturated rings. The molecule has 0 aliphatic heterocycles. The van der Waals surface area contributed by atoms with Crippen molar-refractivity contribution < 1.29 is 14.3 Å². The smallest absolute Gasteiger partial charge is 0.251 e. The number of benzene rings is 3. The van der Waals surface area contributed by atoms with E-state index in [2.05, 4.69) is 9.88 Å². The van der Waals surface area contributed by atoms with E-state index in [0.29, 0.717) is 33.7 Å². The van der Waals surface area contributed by atoms with Crippen LogP contribution in [0.4, 0.5) is 0 Å². The highest BCUT2D eigenvalue weighted by Gasteiger charge is 2.20. The zero-order valence-electron chi connectivity index (χ0n) is 18.4. The van der Waals surface area contributed by atoms with Crippen molar-refractivity contribution in [3.05, 3.63) is 87.7 Å². The first-order valence-electron chi connectivity index (χ1n) is 10.3. The molecule has 0 radical (unpaired) electrons. The molecule has 1 unspecified atom stereocenters. The molecule has 0 bridgehead atoms. The van der Waals surface area contributed by atoms with Gasteiger partial charge in [0.05, 0.1) is 41.3 Å². The topological polar surface area (TPSA) is 65.4 Å². The van der Waals surface area contributed by atoms with Crippen LogP contribution in [0, 0.1) is 0 Å². The first kappa shape index (κ1) is 23.0. The summed E-state index contributed by atoms with van der Waals surface area (Å²) in [6.45, 7) is 2.44. The number of nitrogens with one attached hydrogen (secondary N) is 1. The molecular formula is C25H23Cl2N3O3. The number of aromatic nitrogens is 2. The zero-order chi connectivity index (χ0) is 23.5. The Kier molecular flexibility index (Phi) is 6.77. The van der Waals surface area contributed by atoms with Gasteiger partial charge < -0.3 is 19.4 Å². The fourth-order valence-corrected chi connectivity index (χ4v) is 4.05. The summed E-state index contributed by atoms with van der Waals surface area (Å²) in [5.74, 6) is 1.54. The van der Waals surface area contributed by atoms with Gasteiger partial charge >= 0.3 is 0 Å². The Morgan fingerprint density at radius 1 is 1.00 bits per heavy atom. The predicted octanol–water partition coefficient (Wildman–Crippen LogP) is 5.90. The second-order valence-electron chi connectivity index (χ2n) is 7.56. The normalized spacial score (nSPS) is 11.9. The van der Waals surface area contributed by atoms with Gasteiger partial charge in [-0.1, -0.05) is 41.4 Å². The van der Waals surface area contributed by atoms with Crippen LogP contribution in [0.3, 0.4) is 0 Å². The van der Waals surface area contributed by atoms with Crippen molar-refractivity contribution in [3.8, 4) is 11.5 Å². The van der Waals surface area contributed by atoms with Gasteiger partial charge in [-0.3, -0.25) is 4.79 Å². The molecule has 1 amide bonds. The van der Waals surface area contributed by atoms with Crippen molar-refractivity contribution in [2.75, 3.05) is 14.2 Å². The van der Waals surface area contributed by atoms with Gasteiger partial charge in [0, 0.05) is 12.1 Å². The number of rotatable bonds is 7. The number of amides is 1. The summed E-state index contributed by atoms with van der Waals surface area (Å²) < 4.78 is 12.7. The number of nitrogens with zero attached hydrogens (tertiary/aromatic N) is 2. The first-order chi connectivity index (χ1) is 15.9. The fourth-order valence-electron chi connectivity index (χ4n) is 3.73. The molecule has 3 aromatic carbocycles. The summed E-state index contributed by atoms with van der Waals surface area (Å²) in [5, 5.41) is 4.04. The standard InChI is InChI=1S/C25H23Cl2N3O3/c1-15(28-25(31)17-9-11-22(32-2)23(13-17)33-3)24-29-20-6-4-5-7-21(20)30(24)14-16-8-10-18(26)19(27)12-16/h4-13,15H,14H2,1-3H3,(H,28,31). The number of methoxy groups -OCH3 is 2. The average molecular weight is 484 g/mol. The number of halogens is 2. The number of fused-ring (bicyclic) bond motifs is 1. The van der Waals surface area contributed by atoms with Crippen molar-refractivity contribution in [1.29, 1.82) is 0 Å². The minimum atomic E-state index is -0.360. The summed E-state index contributed by atoms with van der Waals surface area (Å²) in [4.78, 5) is 17.8. The van der Waals surface area contributed by atoms with Crippen LogP contribution >= 0.6 is 23.2 Å². The van der Waals surface area contributed by atoms with E-state index < -0.39 is 0 Å². The van der Waals surface area contributed by atoms with Gasteiger partial charge in [0.2, 0.25) is 0 Å². The number of carbonyl (C=O) groups is 1. The van der Waals surface area contributed by atoms with Crippen LogP contribution < -0.4 is 14.8 Å². The van der Waals surface area contributed by atoms with Crippen molar-refractivity contribution in [1.82, 2.24) is 14.9 Å². The highest BCUT2D eigenvalue weighted by molar-refractivity contribution is 6.42. The van der Waals surface area contributed by atoms with Gasteiger partial charge in [0.15, 0.2) is 11.5 Å². The quantitative estimate of drug-likeness (QED) is 0.355. The summed E-state index contributed by atoms with van der Waals surface area (Å²) >= 11 is 12.3. The third kappa shape index (κ3) is 4.77. The summed E-state index contributed by atoms with van der Waals surface area (Å²) in [5.41, 5.74) is 3.25. The van der Waals surface area contributed by atoms with E-state index in [-0.39, 0.29) is 11.9 Å². The van der Waals surface area contributed by atoms with Crippen molar-refractivity contribution >= 4 is 40.1 Å². The van der Waals surface area contributed by atoms with Crippen molar-refractivity contribution in [2.45, 2.75) is 19.5 Å². The van der Waals surface area contributed by atoms with Crippen LogP contribution in [0.5, 0.6) is 11.5 Å². The molecule has 1 aromatic heterocycles.